The van der Waals surface area contributed by atoms with Gasteiger partial charge in [-0.3, -0.25) is 9.10 Å². The molecule has 0 unspecified atom stereocenters. The third-order valence-electron chi connectivity index (χ3n) is 3.74. The summed E-state index contributed by atoms with van der Waals surface area (Å²) in [6, 6.07) is 4.75. The zero-order chi connectivity index (χ0) is 17.0. The van der Waals surface area contributed by atoms with Crippen molar-refractivity contribution in [1.82, 2.24) is 5.32 Å². The quantitative estimate of drug-likeness (QED) is 0.785. The molecule has 128 valence electrons. The fourth-order valence-corrected chi connectivity index (χ4v) is 4.35. The van der Waals surface area contributed by atoms with Crippen LogP contribution in [0.15, 0.2) is 18.2 Å². The molecule has 1 aromatic rings. The Morgan fingerprint density at radius 2 is 2.09 bits per heavy atom. The fourth-order valence-electron chi connectivity index (χ4n) is 2.43. The Labute approximate surface area is 142 Å². The standard InChI is InChI=1S/C15H22ClN3O3S/c1-18(2)9-7-17-15(20)12-5-6-13(16)14(11-12)19-8-3-4-10-23(19,21)22/h5-6,11H,3-4,7-10H2,1-2H3,(H,17,20)/p+1. The van der Waals surface area contributed by atoms with Crippen LogP contribution < -0.4 is 14.5 Å². The lowest BCUT2D eigenvalue weighted by molar-refractivity contribution is -0.856. The first-order valence-corrected chi connectivity index (χ1v) is 9.67. The van der Waals surface area contributed by atoms with Crippen LogP contribution in [0.3, 0.4) is 0 Å². The summed E-state index contributed by atoms with van der Waals surface area (Å²) in [7, 11) is 0.660. The average Bonchev–Trinajstić information content (AvgIpc) is 2.47. The number of carbonyl (C=O) groups is 1. The van der Waals surface area contributed by atoms with Crippen molar-refractivity contribution in [3.63, 3.8) is 0 Å². The Morgan fingerprint density at radius 1 is 1.35 bits per heavy atom. The largest absolute Gasteiger partial charge is 0.346 e. The van der Waals surface area contributed by atoms with Crippen LogP contribution in [0.1, 0.15) is 23.2 Å². The number of likely N-dealkylation sites (N-methyl/N-ethyl adjacent to an activating group) is 1. The van der Waals surface area contributed by atoms with Gasteiger partial charge in [-0.05, 0) is 31.0 Å². The van der Waals surface area contributed by atoms with Crippen molar-refractivity contribution in [1.29, 1.82) is 0 Å². The molecule has 0 bridgehead atoms. The van der Waals surface area contributed by atoms with E-state index in [1.54, 1.807) is 18.2 Å². The van der Waals surface area contributed by atoms with Gasteiger partial charge in [0.15, 0.2) is 0 Å². The van der Waals surface area contributed by atoms with Gasteiger partial charge in [-0.2, -0.15) is 0 Å². The summed E-state index contributed by atoms with van der Waals surface area (Å²) < 4.78 is 25.8. The highest BCUT2D eigenvalue weighted by Crippen LogP contribution is 2.31. The molecule has 8 heteroatoms. The van der Waals surface area contributed by atoms with Crippen LogP contribution in [-0.4, -0.2) is 53.8 Å². The van der Waals surface area contributed by atoms with E-state index in [-0.39, 0.29) is 11.7 Å². The summed E-state index contributed by atoms with van der Waals surface area (Å²) in [5, 5.41) is 3.17. The summed E-state index contributed by atoms with van der Waals surface area (Å²) in [5.74, 6) is -0.107. The van der Waals surface area contributed by atoms with Gasteiger partial charge in [-0.15, -0.1) is 0 Å². The molecular formula is C15H23ClN3O3S+. The highest BCUT2D eigenvalue weighted by molar-refractivity contribution is 7.92. The maximum atomic E-state index is 12.2. The molecule has 6 nitrogen and oxygen atoms in total. The zero-order valence-corrected chi connectivity index (χ0v) is 15.0. The number of sulfonamides is 1. The van der Waals surface area contributed by atoms with E-state index in [4.69, 9.17) is 11.6 Å². The van der Waals surface area contributed by atoms with Crippen LogP contribution in [0.25, 0.3) is 0 Å². The Hall–Kier alpha value is -1.31. The summed E-state index contributed by atoms with van der Waals surface area (Å²) in [5.41, 5.74) is 0.802. The molecular weight excluding hydrogens is 338 g/mol. The summed E-state index contributed by atoms with van der Waals surface area (Å²) in [4.78, 5) is 13.4. The molecule has 1 aliphatic heterocycles. The molecule has 0 saturated carbocycles. The molecule has 2 N–H and O–H groups in total. The molecule has 2 rings (SSSR count). The van der Waals surface area contributed by atoms with Crippen molar-refractivity contribution in [2.24, 2.45) is 0 Å². The van der Waals surface area contributed by atoms with Crippen LogP contribution in [0.2, 0.25) is 5.02 Å². The summed E-state index contributed by atoms with van der Waals surface area (Å²) in [6.07, 6.45) is 1.45. The Bertz CT molecular complexity index is 677. The van der Waals surface area contributed by atoms with E-state index in [0.29, 0.717) is 35.8 Å². The zero-order valence-electron chi connectivity index (χ0n) is 13.4. The van der Waals surface area contributed by atoms with Gasteiger partial charge in [-0.25, -0.2) is 8.42 Å². The van der Waals surface area contributed by atoms with Crippen LogP contribution in [0.5, 0.6) is 0 Å². The van der Waals surface area contributed by atoms with Gasteiger partial charge in [-0.1, -0.05) is 11.6 Å². The summed E-state index contributed by atoms with van der Waals surface area (Å²) in [6.45, 7) is 1.77. The lowest BCUT2D eigenvalue weighted by Gasteiger charge is -2.29. The first kappa shape index (κ1) is 18.0. The van der Waals surface area contributed by atoms with Crippen molar-refractivity contribution in [3.05, 3.63) is 28.8 Å². The molecule has 0 radical (unpaired) electrons. The van der Waals surface area contributed by atoms with Gasteiger partial charge < -0.3 is 10.2 Å². The highest BCUT2D eigenvalue weighted by Gasteiger charge is 2.28. The lowest BCUT2D eigenvalue weighted by atomic mass is 10.1. The SMILES string of the molecule is C[NH+](C)CCNC(=O)c1ccc(Cl)c(N2CCCCS2(=O)=O)c1. The monoisotopic (exact) mass is 360 g/mol. The molecule has 1 aliphatic rings. The van der Waals surface area contributed by atoms with E-state index in [9.17, 15) is 13.2 Å². The van der Waals surface area contributed by atoms with Crippen molar-refractivity contribution >= 4 is 33.2 Å². The van der Waals surface area contributed by atoms with E-state index in [1.165, 1.54) is 9.21 Å². The number of rotatable bonds is 5. The second-order valence-corrected chi connectivity index (χ2v) is 8.39. The van der Waals surface area contributed by atoms with E-state index in [1.807, 2.05) is 14.1 Å². The number of quaternary nitrogens is 1. The smallest absolute Gasteiger partial charge is 0.251 e. The van der Waals surface area contributed by atoms with Crippen molar-refractivity contribution in [2.75, 3.05) is 43.8 Å². The van der Waals surface area contributed by atoms with E-state index >= 15 is 0 Å². The van der Waals surface area contributed by atoms with Crippen molar-refractivity contribution in [3.8, 4) is 0 Å². The molecule has 1 heterocycles. The van der Waals surface area contributed by atoms with Crippen LogP contribution in [-0.2, 0) is 10.0 Å². The lowest BCUT2D eigenvalue weighted by Crippen LogP contribution is -3.06. The molecule has 0 spiro atoms. The highest BCUT2D eigenvalue weighted by atomic mass is 35.5. The molecule has 1 saturated heterocycles. The van der Waals surface area contributed by atoms with Gasteiger partial charge in [0, 0.05) is 12.1 Å². The second-order valence-electron chi connectivity index (χ2n) is 5.97. The fraction of sp³-hybridized carbons (Fsp3) is 0.533. The topological polar surface area (TPSA) is 70.9 Å². The van der Waals surface area contributed by atoms with Gasteiger partial charge >= 0.3 is 0 Å². The number of hydrogen-bond acceptors (Lipinski definition) is 3. The number of hydrogen-bond donors (Lipinski definition) is 2. The number of anilines is 1. The Morgan fingerprint density at radius 3 is 2.74 bits per heavy atom. The van der Waals surface area contributed by atoms with Crippen LogP contribution in [0, 0.1) is 0 Å². The third kappa shape index (κ3) is 4.59. The van der Waals surface area contributed by atoms with Crippen LogP contribution >= 0.6 is 11.6 Å². The predicted molar refractivity (Wildman–Crippen MR) is 91.8 cm³/mol. The molecule has 23 heavy (non-hydrogen) atoms. The number of nitrogens with one attached hydrogen (secondary N) is 2. The molecule has 1 aromatic carbocycles. The normalized spacial score (nSPS) is 17.3. The number of amides is 1. The van der Waals surface area contributed by atoms with Crippen molar-refractivity contribution in [2.45, 2.75) is 12.8 Å². The van der Waals surface area contributed by atoms with Crippen molar-refractivity contribution < 1.29 is 18.1 Å². The first-order chi connectivity index (χ1) is 10.8. The van der Waals surface area contributed by atoms with Gasteiger partial charge in [0.05, 0.1) is 43.6 Å². The second kappa shape index (κ2) is 7.51. The van der Waals surface area contributed by atoms with E-state index < -0.39 is 10.0 Å². The Kier molecular flexibility index (Phi) is 5.89. The third-order valence-corrected chi connectivity index (χ3v) is 5.91. The molecule has 1 fully saturated rings. The minimum absolute atomic E-state index is 0.116. The number of carbonyl (C=O) groups excluding carboxylic acids is 1. The van der Waals surface area contributed by atoms with Gasteiger partial charge in [0.25, 0.3) is 5.91 Å². The van der Waals surface area contributed by atoms with E-state index in [0.717, 1.165) is 13.0 Å². The molecule has 0 atom stereocenters. The number of halogens is 1. The van der Waals surface area contributed by atoms with Crippen LogP contribution in [0.4, 0.5) is 5.69 Å². The maximum Gasteiger partial charge on any atom is 0.251 e. The van der Waals surface area contributed by atoms with E-state index in [2.05, 4.69) is 5.32 Å². The maximum absolute atomic E-state index is 12.2. The van der Waals surface area contributed by atoms with Gasteiger partial charge in [0.1, 0.15) is 0 Å². The molecule has 0 aromatic heterocycles. The average molecular weight is 361 g/mol. The molecule has 1 amide bonds. The predicted octanol–water partition coefficient (Wildman–Crippen LogP) is 0.144. The minimum atomic E-state index is -3.36. The number of nitrogens with zero attached hydrogens (tertiary/aromatic N) is 1. The van der Waals surface area contributed by atoms with Gasteiger partial charge in [0.2, 0.25) is 10.0 Å². The summed E-state index contributed by atoms with van der Waals surface area (Å²) >= 11 is 6.17. The molecule has 0 aliphatic carbocycles. The first-order valence-electron chi connectivity index (χ1n) is 7.68. The number of benzene rings is 1. The minimum Gasteiger partial charge on any atom is -0.346 e. The Balaban J connectivity index is 2.20.